The van der Waals surface area contributed by atoms with Crippen LogP contribution in [-0.2, 0) is 10.0 Å². The summed E-state index contributed by atoms with van der Waals surface area (Å²) in [7, 11) is 0.416. The van der Waals surface area contributed by atoms with Crippen LogP contribution < -0.4 is 4.90 Å². The second-order valence-electron chi connectivity index (χ2n) is 6.23. The Morgan fingerprint density at radius 3 is 2.79 bits per heavy atom. The Morgan fingerprint density at radius 1 is 1.25 bits per heavy atom. The second-order valence-corrected chi connectivity index (χ2v) is 8.17. The van der Waals surface area contributed by atoms with Gasteiger partial charge < -0.3 is 4.90 Å². The molecule has 1 atom stereocenters. The van der Waals surface area contributed by atoms with E-state index >= 15 is 0 Å². The molecule has 0 spiro atoms. The molecule has 1 saturated heterocycles. The van der Waals surface area contributed by atoms with Gasteiger partial charge in [-0.1, -0.05) is 0 Å². The molecule has 0 aromatic carbocycles. The summed E-state index contributed by atoms with van der Waals surface area (Å²) in [6.45, 7) is 1.05. The summed E-state index contributed by atoms with van der Waals surface area (Å²) in [5.41, 5.74) is 1.14. The van der Waals surface area contributed by atoms with Crippen LogP contribution in [0.15, 0.2) is 47.8 Å². The predicted octanol–water partition coefficient (Wildman–Crippen LogP) is 2.11. The van der Waals surface area contributed by atoms with Gasteiger partial charge in [-0.2, -0.15) is 4.31 Å². The zero-order chi connectivity index (χ0) is 17.2. The van der Waals surface area contributed by atoms with Crippen molar-refractivity contribution >= 4 is 15.8 Å². The van der Waals surface area contributed by atoms with Crippen LogP contribution in [0.5, 0.6) is 0 Å². The molecule has 0 N–H and O–H groups in total. The lowest BCUT2D eigenvalue weighted by Gasteiger charge is -2.32. The Bertz CT molecular complexity index is 793. The summed E-state index contributed by atoms with van der Waals surface area (Å²) in [4.78, 5) is 10.5. The largest absolute Gasteiger partial charge is 0.363 e. The molecule has 3 rings (SSSR count). The van der Waals surface area contributed by atoms with E-state index in [-0.39, 0.29) is 10.8 Å². The topological polar surface area (TPSA) is 66.4 Å². The molecule has 0 amide bonds. The zero-order valence-electron chi connectivity index (χ0n) is 14.0. The maximum atomic E-state index is 12.8. The van der Waals surface area contributed by atoms with Crippen LogP contribution in [0.3, 0.4) is 0 Å². The molecule has 2 aromatic heterocycles. The van der Waals surface area contributed by atoms with E-state index in [0.29, 0.717) is 13.1 Å². The van der Waals surface area contributed by atoms with Crippen molar-refractivity contribution in [3.05, 3.63) is 48.4 Å². The molecule has 1 aliphatic heterocycles. The standard InChI is InChI=1S/C17H22N4O2S/c1-20(2)17-11-14(7-9-19-17)15-5-4-10-21(13-15)24(22,23)16-6-3-8-18-12-16/h3,6-9,11-12,15H,4-5,10,13H2,1-2H3/t15-/m1/s1. The Labute approximate surface area is 143 Å². The van der Waals surface area contributed by atoms with Gasteiger partial charge in [0.05, 0.1) is 0 Å². The normalized spacial score (nSPS) is 19.2. The van der Waals surface area contributed by atoms with Crippen molar-refractivity contribution in [3.8, 4) is 0 Å². The molecule has 0 bridgehead atoms. The Morgan fingerprint density at radius 2 is 2.08 bits per heavy atom. The third-order valence-corrected chi connectivity index (χ3v) is 6.20. The summed E-state index contributed by atoms with van der Waals surface area (Å²) in [6.07, 6.45) is 6.62. The van der Waals surface area contributed by atoms with E-state index < -0.39 is 10.0 Å². The highest BCUT2D eigenvalue weighted by Gasteiger charge is 2.31. The molecule has 3 heterocycles. The van der Waals surface area contributed by atoms with Crippen molar-refractivity contribution in [3.63, 3.8) is 0 Å². The summed E-state index contributed by atoms with van der Waals surface area (Å²) in [6, 6.07) is 7.28. The molecule has 0 unspecified atom stereocenters. The Balaban J connectivity index is 1.83. The SMILES string of the molecule is CN(C)c1cc([C@@H]2CCCN(S(=O)(=O)c3cccnc3)C2)ccn1. The van der Waals surface area contributed by atoms with E-state index in [9.17, 15) is 8.42 Å². The summed E-state index contributed by atoms with van der Waals surface area (Å²) in [5, 5.41) is 0. The molecule has 0 aliphatic carbocycles. The maximum Gasteiger partial charge on any atom is 0.244 e. The third kappa shape index (κ3) is 3.42. The zero-order valence-corrected chi connectivity index (χ0v) is 14.8. The van der Waals surface area contributed by atoms with Crippen LogP contribution in [0.1, 0.15) is 24.3 Å². The van der Waals surface area contributed by atoms with Crippen LogP contribution in [0.4, 0.5) is 5.82 Å². The number of rotatable bonds is 4. The minimum absolute atomic E-state index is 0.187. The number of sulfonamides is 1. The minimum atomic E-state index is -3.48. The molecule has 7 heteroatoms. The molecule has 0 radical (unpaired) electrons. The van der Waals surface area contributed by atoms with Crippen molar-refractivity contribution in [2.24, 2.45) is 0 Å². The first-order valence-corrected chi connectivity index (χ1v) is 9.46. The average molecular weight is 346 g/mol. The number of anilines is 1. The molecule has 0 saturated carbocycles. The fourth-order valence-electron chi connectivity index (χ4n) is 3.01. The van der Waals surface area contributed by atoms with E-state index in [4.69, 9.17) is 0 Å². The van der Waals surface area contributed by atoms with Gasteiger partial charge in [0, 0.05) is 45.8 Å². The van der Waals surface area contributed by atoms with Crippen LogP contribution >= 0.6 is 0 Å². The van der Waals surface area contributed by atoms with Crippen LogP contribution in [0.25, 0.3) is 0 Å². The van der Waals surface area contributed by atoms with Gasteiger partial charge in [0.15, 0.2) is 0 Å². The van der Waals surface area contributed by atoms with E-state index in [1.54, 1.807) is 28.8 Å². The number of nitrogens with zero attached hydrogens (tertiary/aromatic N) is 4. The van der Waals surface area contributed by atoms with Gasteiger partial charge in [0.25, 0.3) is 0 Å². The molecular weight excluding hydrogens is 324 g/mol. The fraction of sp³-hybridized carbons (Fsp3) is 0.412. The van der Waals surface area contributed by atoms with Crippen LogP contribution in [0, 0.1) is 0 Å². The average Bonchev–Trinajstić information content (AvgIpc) is 2.62. The minimum Gasteiger partial charge on any atom is -0.363 e. The number of hydrogen-bond donors (Lipinski definition) is 0. The number of piperidine rings is 1. The highest BCUT2D eigenvalue weighted by Crippen LogP contribution is 2.31. The third-order valence-electron chi connectivity index (χ3n) is 4.36. The lowest BCUT2D eigenvalue weighted by molar-refractivity contribution is 0.315. The van der Waals surface area contributed by atoms with Crippen LogP contribution in [0.2, 0.25) is 0 Å². The van der Waals surface area contributed by atoms with E-state index in [1.165, 1.54) is 6.20 Å². The summed E-state index contributed by atoms with van der Waals surface area (Å²) < 4.78 is 27.2. The van der Waals surface area contributed by atoms with Crippen molar-refractivity contribution in [1.29, 1.82) is 0 Å². The quantitative estimate of drug-likeness (QED) is 0.848. The van der Waals surface area contributed by atoms with Gasteiger partial charge in [-0.25, -0.2) is 13.4 Å². The first-order valence-electron chi connectivity index (χ1n) is 8.02. The molecule has 6 nitrogen and oxygen atoms in total. The van der Waals surface area contributed by atoms with Gasteiger partial charge >= 0.3 is 0 Å². The molecule has 2 aromatic rings. The van der Waals surface area contributed by atoms with Crippen molar-refractivity contribution in [2.75, 3.05) is 32.1 Å². The fourth-order valence-corrected chi connectivity index (χ4v) is 4.50. The molecule has 128 valence electrons. The van der Waals surface area contributed by atoms with Crippen molar-refractivity contribution in [1.82, 2.24) is 14.3 Å². The van der Waals surface area contributed by atoms with Gasteiger partial charge in [-0.05, 0) is 48.6 Å². The number of hydrogen-bond acceptors (Lipinski definition) is 5. The second kappa shape index (κ2) is 6.86. The smallest absolute Gasteiger partial charge is 0.244 e. The maximum absolute atomic E-state index is 12.8. The lowest BCUT2D eigenvalue weighted by Crippen LogP contribution is -2.39. The Kier molecular flexibility index (Phi) is 4.82. The first-order chi connectivity index (χ1) is 11.5. The molecular formula is C17H22N4O2S. The summed E-state index contributed by atoms with van der Waals surface area (Å²) in [5.74, 6) is 1.08. The van der Waals surface area contributed by atoms with E-state index in [1.807, 2.05) is 31.1 Å². The van der Waals surface area contributed by atoms with Gasteiger partial charge in [-0.3, -0.25) is 4.98 Å². The number of aromatic nitrogens is 2. The molecule has 1 aliphatic rings. The first kappa shape index (κ1) is 16.9. The summed E-state index contributed by atoms with van der Waals surface area (Å²) >= 11 is 0. The Hall–Kier alpha value is -1.99. The lowest BCUT2D eigenvalue weighted by atomic mass is 9.92. The molecule has 1 fully saturated rings. The van der Waals surface area contributed by atoms with E-state index in [2.05, 4.69) is 9.97 Å². The van der Waals surface area contributed by atoms with Gasteiger partial charge in [-0.15, -0.1) is 0 Å². The van der Waals surface area contributed by atoms with Crippen molar-refractivity contribution in [2.45, 2.75) is 23.7 Å². The highest BCUT2D eigenvalue weighted by atomic mass is 32.2. The van der Waals surface area contributed by atoms with E-state index in [0.717, 1.165) is 24.2 Å². The molecule has 24 heavy (non-hydrogen) atoms. The highest BCUT2D eigenvalue weighted by molar-refractivity contribution is 7.89. The number of pyridine rings is 2. The van der Waals surface area contributed by atoms with Crippen LogP contribution in [-0.4, -0.2) is 49.9 Å². The van der Waals surface area contributed by atoms with Crippen molar-refractivity contribution < 1.29 is 8.42 Å². The monoisotopic (exact) mass is 346 g/mol. The van der Waals surface area contributed by atoms with Gasteiger partial charge in [0.2, 0.25) is 10.0 Å². The predicted molar refractivity (Wildman–Crippen MR) is 93.5 cm³/mol. The van der Waals surface area contributed by atoms with Gasteiger partial charge in [0.1, 0.15) is 10.7 Å².